The lowest BCUT2D eigenvalue weighted by Gasteiger charge is -2.31. The van der Waals surface area contributed by atoms with E-state index in [-0.39, 0.29) is 18.9 Å². The predicted octanol–water partition coefficient (Wildman–Crippen LogP) is 10.1. The maximum Gasteiger partial charge on any atom is 0.268 e. The zero-order chi connectivity index (χ0) is 38.8. The standard InChI is InChI=1S/C42H87N2O7P/c1-6-8-10-12-14-16-18-20-21-22-23-25-27-29-31-33-35-41(46)43-39(38-51-52(48,49)50-37-36-44(3,4)5)42(47)40(45)34-32-30-28-26-24-19-17-15-13-11-9-7-2/h39-40,42,45,47H,6-38H2,1-5H3,(H-,43,46,48,49). The predicted molar refractivity (Wildman–Crippen MR) is 216 cm³/mol. The number of carbonyl (C=O) groups is 1. The van der Waals surface area contributed by atoms with Gasteiger partial charge in [-0.1, -0.05) is 187 Å². The molecule has 0 aromatic heterocycles. The highest BCUT2D eigenvalue weighted by molar-refractivity contribution is 7.45. The number of quaternary nitrogens is 1. The van der Waals surface area contributed by atoms with Gasteiger partial charge in [0, 0.05) is 6.42 Å². The fraction of sp³-hybridized carbons (Fsp3) is 0.976. The first-order chi connectivity index (χ1) is 24.9. The van der Waals surface area contributed by atoms with Crippen molar-refractivity contribution in [3.05, 3.63) is 0 Å². The van der Waals surface area contributed by atoms with Crippen LogP contribution < -0.4 is 10.2 Å². The Labute approximate surface area is 322 Å². The second-order valence-corrected chi connectivity index (χ2v) is 18.0. The number of aliphatic hydroxyl groups is 2. The molecule has 4 atom stereocenters. The highest BCUT2D eigenvalue weighted by Gasteiger charge is 2.29. The van der Waals surface area contributed by atoms with E-state index in [4.69, 9.17) is 9.05 Å². The topological polar surface area (TPSA) is 128 Å². The lowest BCUT2D eigenvalue weighted by atomic mass is 9.99. The van der Waals surface area contributed by atoms with Gasteiger partial charge in [0.2, 0.25) is 5.91 Å². The Balaban J connectivity index is 4.47. The largest absolute Gasteiger partial charge is 0.756 e. The molecule has 1 amide bonds. The molecule has 0 aliphatic heterocycles. The van der Waals surface area contributed by atoms with E-state index in [2.05, 4.69) is 19.2 Å². The Morgan fingerprint density at radius 2 is 0.981 bits per heavy atom. The van der Waals surface area contributed by atoms with Gasteiger partial charge in [0.05, 0.1) is 39.9 Å². The average molecular weight is 763 g/mol. The van der Waals surface area contributed by atoms with E-state index in [0.29, 0.717) is 17.4 Å². The fourth-order valence-electron chi connectivity index (χ4n) is 6.61. The average Bonchev–Trinajstić information content (AvgIpc) is 3.09. The third-order valence-corrected chi connectivity index (χ3v) is 11.2. The van der Waals surface area contributed by atoms with Crippen LogP contribution in [-0.4, -0.2) is 79.8 Å². The van der Waals surface area contributed by atoms with Crippen LogP contribution in [0, 0.1) is 0 Å². The molecule has 0 saturated heterocycles. The van der Waals surface area contributed by atoms with Crippen molar-refractivity contribution in [2.45, 2.75) is 225 Å². The van der Waals surface area contributed by atoms with Gasteiger partial charge in [-0.2, -0.15) is 0 Å². The molecule has 0 radical (unpaired) electrons. The van der Waals surface area contributed by atoms with Crippen molar-refractivity contribution in [1.29, 1.82) is 0 Å². The summed E-state index contributed by atoms with van der Waals surface area (Å²) in [5.41, 5.74) is 0. The molecular formula is C42H87N2O7P. The Bertz CT molecular complexity index is 842. The maximum absolute atomic E-state index is 12.9. The van der Waals surface area contributed by atoms with Gasteiger partial charge in [0.1, 0.15) is 19.3 Å². The summed E-state index contributed by atoms with van der Waals surface area (Å²) in [6.07, 6.45) is 32.7. The number of hydrogen-bond acceptors (Lipinski definition) is 7. The molecule has 0 bridgehead atoms. The molecule has 0 aliphatic carbocycles. The highest BCUT2D eigenvalue weighted by atomic mass is 31.2. The van der Waals surface area contributed by atoms with Gasteiger partial charge < -0.3 is 34.0 Å². The first kappa shape index (κ1) is 51.5. The van der Waals surface area contributed by atoms with Crippen molar-refractivity contribution >= 4 is 13.7 Å². The third kappa shape index (κ3) is 35.2. The van der Waals surface area contributed by atoms with Gasteiger partial charge >= 0.3 is 0 Å². The minimum Gasteiger partial charge on any atom is -0.756 e. The zero-order valence-corrected chi connectivity index (χ0v) is 35.8. The zero-order valence-electron chi connectivity index (χ0n) is 34.9. The van der Waals surface area contributed by atoms with E-state index in [0.717, 1.165) is 38.5 Å². The van der Waals surface area contributed by atoms with Crippen molar-refractivity contribution in [2.75, 3.05) is 40.9 Å². The van der Waals surface area contributed by atoms with Crippen LogP contribution in [0.15, 0.2) is 0 Å². The number of nitrogens with zero attached hydrogens (tertiary/aromatic N) is 1. The molecule has 3 N–H and O–H groups in total. The molecule has 0 heterocycles. The minimum atomic E-state index is -4.65. The summed E-state index contributed by atoms with van der Waals surface area (Å²) in [5, 5.41) is 24.6. The molecule has 0 aromatic carbocycles. The molecule has 0 saturated carbocycles. The first-order valence-corrected chi connectivity index (χ1v) is 23.4. The Morgan fingerprint density at radius 3 is 1.37 bits per heavy atom. The van der Waals surface area contributed by atoms with Crippen LogP contribution in [0.25, 0.3) is 0 Å². The lowest BCUT2D eigenvalue weighted by Crippen LogP contribution is -2.51. The summed E-state index contributed by atoms with van der Waals surface area (Å²) in [6, 6.07) is -1.06. The van der Waals surface area contributed by atoms with Crippen molar-refractivity contribution in [3.8, 4) is 0 Å². The maximum atomic E-state index is 12.9. The molecule has 0 aliphatic rings. The number of nitrogens with one attached hydrogen (secondary N) is 1. The fourth-order valence-corrected chi connectivity index (χ4v) is 7.33. The molecular weight excluding hydrogens is 675 g/mol. The van der Waals surface area contributed by atoms with E-state index < -0.39 is 32.7 Å². The van der Waals surface area contributed by atoms with Gasteiger partial charge in [-0.05, 0) is 12.8 Å². The quantitative estimate of drug-likeness (QED) is 0.0322. The van der Waals surface area contributed by atoms with Crippen molar-refractivity contribution in [3.63, 3.8) is 0 Å². The second kappa shape index (κ2) is 34.9. The Morgan fingerprint density at radius 1 is 0.615 bits per heavy atom. The van der Waals surface area contributed by atoms with Crippen LogP contribution in [-0.2, 0) is 18.4 Å². The SMILES string of the molecule is CCCCCCCCCCCCCCCCCCC(=O)NC(COP(=O)([O-])OCC[N+](C)(C)C)C(O)C(O)CCCCCCCCCCCCCC. The molecule has 4 unspecified atom stereocenters. The molecule has 10 heteroatoms. The Hall–Kier alpha value is -0.540. The number of phosphoric acid groups is 1. The van der Waals surface area contributed by atoms with E-state index in [1.165, 1.54) is 141 Å². The molecule has 0 rings (SSSR count). The van der Waals surface area contributed by atoms with Crippen LogP contribution in [0.4, 0.5) is 0 Å². The third-order valence-electron chi connectivity index (χ3n) is 10.2. The van der Waals surface area contributed by atoms with Crippen molar-refractivity contribution in [1.82, 2.24) is 5.32 Å². The molecule has 0 fully saturated rings. The van der Waals surface area contributed by atoms with Gasteiger partial charge in [-0.15, -0.1) is 0 Å². The molecule has 0 spiro atoms. The summed E-state index contributed by atoms with van der Waals surface area (Å²) in [4.78, 5) is 25.3. The number of hydrogen-bond donors (Lipinski definition) is 3. The van der Waals surface area contributed by atoms with Gasteiger partial charge in [0.15, 0.2) is 0 Å². The smallest absolute Gasteiger partial charge is 0.268 e. The van der Waals surface area contributed by atoms with E-state index in [1.807, 2.05) is 21.1 Å². The van der Waals surface area contributed by atoms with Crippen LogP contribution in [0.1, 0.15) is 206 Å². The van der Waals surface area contributed by atoms with Crippen LogP contribution >= 0.6 is 7.82 Å². The summed E-state index contributed by atoms with van der Waals surface area (Å²) < 4.78 is 23.1. The monoisotopic (exact) mass is 763 g/mol. The van der Waals surface area contributed by atoms with E-state index in [1.54, 1.807) is 0 Å². The number of rotatable bonds is 40. The van der Waals surface area contributed by atoms with Crippen molar-refractivity contribution in [2.24, 2.45) is 0 Å². The number of carbonyl (C=O) groups excluding carboxylic acids is 1. The summed E-state index contributed by atoms with van der Waals surface area (Å²) >= 11 is 0. The van der Waals surface area contributed by atoms with E-state index >= 15 is 0 Å². The van der Waals surface area contributed by atoms with Crippen LogP contribution in [0.5, 0.6) is 0 Å². The van der Waals surface area contributed by atoms with Gasteiger partial charge in [-0.25, -0.2) is 0 Å². The molecule has 52 heavy (non-hydrogen) atoms. The Kier molecular flexibility index (Phi) is 34.6. The van der Waals surface area contributed by atoms with E-state index in [9.17, 15) is 24.5 Å². The summed E-state index contributed by atoms with van der Waals surface area (Å²) in [5.74, 6) is -0.276. The molecule has 0 aromatic rings. The molecule has 9 nitrogen and oxygen atoms in total. The summed E-state index contributed by atoms with van der Waals surface area (Å²) in [6.45, 7) is 4.44. The molecule has 312 valence electrons. The minimum absolute atomic E-state index is 0.0370. The summed E-state index contributed by atoms with van der Waals surface area (Å²) in [7, 11) is 1.13. The second-order valence-electron chi connectivity index (χ2n) is 16.6. The number of phosphoric ester groups is 1. The van der Waals surface area contributed by atoms with Crippen LogP contribution in [0.2, 0.25) is 0 Å². The highest BCUT2D eigenvalue weighted by Crippen LogP contribution is 2.38. The number of unbranched alkanes of at least 4 members (excludes halogenated alkanes) is 26. The lowest BCUT2D eigenvalue weighted by molar-refractivity contribution is -0.870. The number of likely N-dealkylation sites (N-methyl/N-ethyl adjacent to an activating group) is 1. The van der Waals surface area contributed by atoms with Crippen LogP contribution in [0.3, 0.4) is 0 Å². The van der Waals surface area contributed by atoms with Crippen molar-refractivity contribution < 1.29 is 38.0 Å². The van der Waals surface area contributed by atoms with Gasteiger partial charge in [-0.3, -0.25) is 9.36 Å². The normalized spacial score (nSPS) is 15.0. The number of amides is 1. The number of aliphatic hydroxyl groups excluding tert-OH is 2. The first-order valence-electron chi connectivity index (χ1n) is 22.0. The van der Waals surface area contributed by atoms with Gasteiger partial charge in [0.25, 0.3) is 7.82 Å².